The lowest BCUT2D eigenvalue weighted by atomic mass is 10.2. The zero-order chi connectivity index (χ0) is 25.4. The lowest BCUT2D eigenvalue weighted by molar-refractivity contribution is 0.0730. The van der Waals surface area contributed by atoms with Gasteiger partial charge in [-0.2, -0.15) is 9.41 Å². The van der Waals surface area contributed by atoms with Gasteiger partial charge in [0.15, 0.2) is 5.11 Å². The van der Waals surface area contributed by atoms with Crippen LogP contribution in [-0.4, -0.2) is 61.3 Å². The van der Waals surface area contributed by atoms with Crippen LogP contribution < -0.4 is 15.5 Å². The average molecular weight is 526 g/mol. The predicted octanol–water partition coefficient (Wildman–Crippen LogP) is 2.64. The maximum atomic E-state index is 12.7. The number of nitrogens with one attached hydrogen (secondary N) is 2. The highest BCUT2D eigenvalue weighted by atomic mass is 32.2. The number of hydrogen-bond donors (Lipinski definition) is 2. The molecule has 0 atom stereocenters. The minimum Gasteiger partial charge on any atom is -0.423 e. The zero-order valence-electron chi connectivity index (χ0n) is 19.0. The SMILES string of the molecule is O=C(Oc1ccc(C=NNC(=S)Nc2ccc(S(=O)(=O)N3CCOCC3)cc2)cc1)c1cccnc1. The Morgan fingerprint density at radius 3 is 2.47 bits per heavy atom. The highest BCUT2D eigenvalue weighted by Gasteiger charge is 2.26. The van der Waals surface area contributed by atoms with E-state index in [1.165, 1.54) is 22.6 Å². The van der Waals surface area contributed by atoms with Crippen LogP contribution in [0.5, 0.6) is 5.75 Å². The molecule has 2 aromatic carbocycles. The molecule has 36 heavy (non-hydrogen) atoms. The molecule has 0 radical (unpaired) electrons. The highest BCUT2D eigenvalue weighted by Crippen LogP contribution is 2.19. The van der Waals surface area contributed by atoms with Gasteiger partial charge in [-0.1, -0.05) is 0 Å². The summed E-state index contributed by atoms with van der Waals surface area (Å²) < 4.78 is 37.3. The summed E-state index contributed by atoms with van der Waals surface area (Å²) in [6.45, 7) is 1.47. The summed E-state index contributed by atoms with van der Waals surface area (Å²) in [4.78, 5) is 16.2. The Labute approximate surface area is 214 Å². The third-order valence-electron chi connectivity index (χ3n) is 5.09. The number of nitrogens with zero attached hydrogens (tertiary/aromatic N) is 3. The molecule has 4 rings (SSSR count). The molecule has 10 nitrogen and oxygen atoms in total. The van der Waals surface area contributed by atoms with E-state index in [1.54, 1.807) is 60.9 Å². The maximum absolute atomic E-state index is 12.7. The molecular formula is C24H23N5O5S2. The van der Waals surface area contributed by atoms with Gasteiger partial charge in [-0.25, -0.2) is 13.2 Å². The number of sulfonamides is 1. The summed E-state index contributed by atoms with van der Waals surface area (Å²) in [5, 5.41) is 7.27. The number of ether oxygens (including phenoxy) is 2. The first-order chi connectivity index (χ1) is 17.4. The van der Waals surface area contributed by atoms with Gasteiger partial charge in [-0.05, 0) is 78.4 Å². The van der Waals surface area contributed by atoms with Crippen LogP contribution in [0.4, 0.5) is 5.69 Å². The first kappa shape index (κ1) is 25.4. The van der Waals surface area contributed by atoms with Crippen molar-refractivity contribution in [2.45, 2.75) is 4.90 Å². The molecule has 0 spiro atoms. The third kappa shape index (κ3) is 6.70. The molecule has 2 N–H and O–H groups in total. The monoisotopic (exact) mass is 525 g/mol. The third-order valence-corrected chi connectivity index (χ3v) is 7.19. The molecule has 1 aliphatic heterocycles. The van der Waals surface area contributed by atoms with Gasteiger partial charge in [0.2, 0.25) is 10.0 Å². The Balaban J connectivity index is 1.26. The normalized spacial score (nSPS) is 14.3. The second kappa shape index (κ2) is 11.8. The van der Waals surface area contributed by atoms with Crippen molar-refractivity contribution in [3.05, 3.63) is 84.2 Å². The Morgan fingerprint density at radius 1 is 1.08 bits per heavy atom. The summed E-state index contributed by atoms with van der Waals surface area (Å²) in [6.07, 6.45) is 4.57. The number of esters is 1. The largest absolute Gasteiger partial charge is 0.423 e. The van der Waals surface area contributed by atoms with E-state index in [9.17, 15) is 13.2 Å². The van der Waals surface area contributed by atoms with E-state index >= 15 is 0 Å². The quantitative estimate of drug-likeness (QED) is 0.158. The van der Waals surface area contributed by atoms with Gasteiger partial charge in [0.05, 0.1) is 29.9 Å². The fraction of sp³-hybridized carbons (Fsp3) is 0.167. The lowest BCUT2D eigenvalue weighted by Crippen LogP contribution is -2.40. The second-order valence-corrected chi connectivity index (χ2v) is 9.91. The average Bonchev–Trinajstić information content (AvgIpc) is 2.91. The Kier molecular flexibility index (Phi) is 8.33. The van der Waals surface area contributed by atoms with Crippen molar-refractivity contribution >= 4 is 45.2 Å². The molecule has 0 aliphatic carbocycles. The molecule has 3 aromatic rings. The molecule has 1 fully saturated rings. The van der Waals surface area contributed by atoms with Crippen LogP contribution in [-0.2, 0) is 14.8 Å². The van der Waals surface area contributed by atoms with Crippen LogP contribution in [0.3, 0.4) is 0 Å². The number of morpholine rings is 1. The number of hydrogen-bond acceptors (Lipinski definition) is 8. The van der Waals surface area contributed by atoms with Crippen molar-refractivity contribution in [3.8, 4) is 5.75 Å². The fourth-order valence-corrected chi connectivity index (χ4v) is 4.82. The molecule has 1 aromatic heterocycles. The highest BCUT2D eigenvalue weighted by molar-refractivity contribution is 7.89. The fourth-order valence-electron chi connectivity index (χ4n) is 3.24. The first-order valence-electron chi connectivity index (χ1n) is 10.9. The number of anilines is 1. The molecule has 0 saturated carbocycles. The van der Waals surface area contributed by atoms with Crippen LogP contribution in [0.15, 0.2) is 83.1 Å². The van der Waals surface area contributed by atoms with Crippen LogP contribution in [0.1, 0.15) is 15.9 Å². The minimum absolute atomic E-state index is 0.210. The van der Waals surface area contributed by atoms with Crippen molar-refractivity contribution in [2.75, 3.05) is 31.6 Å². The van der Waals surface area contributed by atoms with E-state index in [2.05, 4.69) is 20.8 Å². The molecule has 12 heteroatoms. The van der Waals surface area contributed by atoms with E-state index in [0.717, 1.165) is 5.56 Å². The van der Waals surface area contributed by atoms with Crippen molar-refractivity contribution in [3.63, 3.8) is 0 Å². The molecule has 1 aliphatic rings. The van der Waals surface area contributed by atoms with Gasteiger partial charge in [-0.15, -0.1) is 0 Å². The summed E-state index contributed by atoms with van der Waals surface area (Å²) >= 11 is 5.24. The number of thiocarbonyl (C=S) groups is 1. The van der Waals surface area contributed by atoms with E-state index < -0.39 is 16.0 Å². The molecule has 186 valence electrons. The number of pyridine rings is 1. The maximum Gasteiger partial charge on any atom is 0.345 e. The van der Waals surface area contributed by atoms with Gasteiger partial charge < -0.3 is 14.8 Å². The minimum atomic E-state index is -3.55. The van der Waals surface area contributed by atoms with Crippen molar-refractivity contribution < 1.29 is 22.7 Å². The van der Waals surface area contributed by atoms with Crippen molar-refractivity contribution in [1.82, 2.24) is 14.7 Å². The first-order valence-corrected chi connectivity index (χ1v) is 12.8. The van der Waals surface area contributed by atoms with Gasteiger partial charge in [-0.3, -0.25) is 10.4 Å². The standard InChI is InChI=1S/C24H23N5O5S2/c30-23(19-2-1-11-25-17-19)34-21-7-3-18(4-8-21)16-26-28-24(35)27-20-5-9-22(10-6-20)36(31,32)29-12-14-33-15-13-29/h1-11,16-17H,12-15H2,(H2,27,28,35). The van der Waals surface area contributed by atoms with Gasteiger partial charge in [0, 0.05) is 31.2 Å². The van der Waals surface area contributed by atoms with Gasteiger partial charge >= 0.3 is 5.97 Å². The number of hydrazone groups is 1. The summed E-state index contributed by atoms with van der Waals surface area (Å²) in [6, 6.07) is 16.4. The van der Waals surface area contributed by atoms with Crippen molar-refractivity contribution in [2.24, 2.45) is 5.10 Å². The smallest absolute Gasteiger partial charge is 0.345 e. The van der Waals surface area contributed by atoms with Crippen LogP contribution in [0.2, 0.25) is 0 Å². The van der Waals surface area contributed by atoms with Crippen molar-refractivity contribution in [1.29, 1.82) is 0 Å². The van der Waals surface area contributed by atoms with Gasteiger partial charge in [0.1, 0.15) is 5.75 Å². The number of rotatable bonds is 7. The molecule has 1 saturated heterocycles. The predicted molar refractivity (Wildman–Crippen MR) is 139 cm³/mol. The molecule has 0 amide bonds. The molecular weight excluding hydrogens is 502 g/mol. The lowest BCUT2D eigenvalue weighted by Gasteiger charge is -2.26. The summed E-state index contributed by atoms with van der Waals surface area (Å²) in [5.74, 6) is -0.0976. The zero-order valence-corrected chi connectivity index (χ0v) is 20.7. The Bertz CT molecular complexity index is 1330. The van der Waals surface area contributed by atoms with Crippen LogP contribution >= 0.6 is 12.2 Å². The summed E-state index contributed by atoms with van der Waals surface area (Å²) in [7, 11) is -3.55. The van der Waals surface area contributed by atoms with E-state index in [4.69, 9.17) is 21.7 Å². The van der Waals surface area contributed by atoms with E-state index in [1.807, 2.05) is 0 Å². The van der Waals surface area contributed by atoms with E-state index in [0.29, 0.717) is 43.3 Å². The number of carbonyl (C=O) groups is 1. The molecule has 2 heterocycles. The Morgan fingerprint density at radius 2 is 1.81 bits per heavy atom. The number of benzene rings is 2. The van der Waals surface area contributed by atoms with Crippen LogP contribution in [0, 0.1) is 0 Å². The van der Waals surface area contributed by atoms with Gasteiger partial charge in [0.25, 0.3) is 0 Å². The van der Waals surface area contributed by atoms with Crippen LogP contribution in [0.25, 0.3) is 0 Å². The number of carbonyl (C=O) groups excluding carboxylic acids is 1. The molecule has 0 bridgehead atoms. The second-order valence-electron chi connectivity index (χ2n) is 7.57. The van der Waals surface area contributed by atoms with E-state index in [-0.39, 0.29) is 10.0 Å². The molecule has 0 unspecified atom stereocenters. The Hall–Kier alpha value is -3.71. The topological polar surface area (TPSA) is 122 Å². The summed E-state index contributed by atoms with van der Waals surface area (Å²) in [5.41, 5.74) is 4.43. The number of aromatic nitrogens is 1.